The largest absolute Gasteiger partial charge is 0.337 e. The molecule has 104 valence electrons. The lowest BCUT2D eigenvalue weighted by Gasteiger charge is -2.37. The molecule has 1 atom stereocenters. The second-order valence-electron chi connectivity index (χ2n) is 5.31. The normalized spacial score (nSPS) is 17.9. The van der Waals surface area contributed by atoms with Crippen LogP contribution >= 0.6 is 27.5 Å². The van der Waals surface area contributed by atoms with Gasteiger partial charge < -0.3 is 4.90 Å². The van der Waals surface area contributed by atoms with Crippen LogP contribution in [-0.2, 0) is 12.3 Å². The molecule has 0 saturated heterocycles. The van der Waals surface area contributed by atoms with E-state index in [0.717, 1.165) is 16.5 Å². The van der Waals surface area contributed by atoms with Crippen molar-refractivity contribution in [3.8, 4) is 0 Å². The molecule has 1 aliphatic rings. The van der Waals surface area contributed by atoms with Gasteiger partial charge in [0.25, 0.3) is 0 Å². The lowest BCUT2D eigenvalue weighted by molar-refractivity contribution is 0.617. The van der Waals surface area contributed by atoms with Crippen molar-refractivity contribution in [1.82, 2.24) is 0 Å². The van der Waals surface area contributed by atoms with Gasteiger partial charge in [-0.25, -0.2) is 0 Å². The van der Waals surface area contributed by atoms with Gasteiger partial charge in [-0.05, 0) is 65.0 Å². The number of aryl methyl sites for hydroxylation is 1. The first kappa shape index (κ1) is 14.0. The SMILES string of the molecule is CC1CCc2ccccc2N1c1ccc(CCl)cc1Br. The van der Waals surface area contributed by atoms with Crippen LogP contribution in [0.15, 0.2) is 46.9 Å². The second kappa shape index (κ2) is 5.79. The van der Waals surface area contributed by atoms with Crippen molar-refractivity contribution in [2.24, 2.45) is 0 Å². The maximum Gasteiger partial charge on any atom is 0.0557 e. The topological polar surface area (TPSA) is 3.24 Å². The van der Waals surface area contributed by atoms with E-state index in [1.165, 1.54) is 23.4 Å². The summed E-state index contributed by atoms with van der Waals surface area (Å²) in [5.41, 5.74) is 5.11. The van der Waals surface area contributed by atoms with Crippen molar-refractivity contribution >= 4 is 38.9 Å². The summed E-state index contributed by atoms with van der Waals surface area (Å²) in [6.45, 7) is 2.29. The summed E-state index contributed by atoms with van der Waals surface area (Å²) >= 11 is 9.61. The first-order chi connectivity index (χ1) is 9.70. The number of nitrogens with zero attached hydrogens (tertiary/aromatic N) is 1. The number of fused-ring (bicyclic) bond motifs is 1. The summed E-state index contributed by atoms with van der Waals surface area (Å²) in [7, 11) is 0. The summed E-state index contributed by atoms with van der Waals surface area (Å²) in [4.78, 5) is 2.43. The van der Waals surface area contributed by atoms with E-state index in [1.807, 2.05) is 0 Å². The van der Waals surface area contributed by atoms with E-state index < -0.39 is 0 Å². The number of hydrogen-bond acceptors (Lipinski definition) is 1. The first-order valence-electron chi connectivity index (χ1n) is 6.92. The lowest BCUT2D eigenvalue weighted by atomic mass is 9.96. The molecule has 1 heterocycles. The number of anilines is 2. The Kier molecular flexibility index (Phi) is 4.04. The summed E-state index contributed by atoms with van der Waals surface area (Å²) in [6.07, 6.45) is 2.34. The Balaban J connectivity index is 2.09. The van der Waals surface area contributed by atoms with E-state index in [1.54, 1.807) is 0 Å². The molecule has 0 spiro atoms. The molecule has 3 heteroatoms. The molecule has 0 saturated carbocycles. The summed E-state index contributed by atoms with van der Waals surface area (Å²) in [6, 6.07) is 15.6. The molecule has 0 fully saturated rings. The van der Waals surface area contributed by atoms with Gasteiger partial charge in [0.05, 0.1) is 5.69 Å². The van der Waals surface area contributed by atoms with Crippen LogP contribution in [0.4, 0.5) is 11.4 Å². The van der Waals surface area contributed by atoms with Gasteiger partial charge in [-0.2, -0.15) is 0 Å². The quantitative estimate of drug-likeness (QED) is 0.632. The van der Waals surface area contributed by atoms with Gasteiger partial charge in [-0.3, -0.25) is 0 Å². The molecular formula is C17H17BrClN. The Morgan fingerprint density at radius 3 is 2.75 bits per heavy atom. The standard InChI is InChI=1S/C17H17BrClN/c1-12-6-8-14-4-2-3-5-16(14)20(12)17-9-7-13(11-19)10-15(17)18/h2-5,7,9-10,12H,6,8,11H2,1H3. The number of hydrogen-bond donors (Lipinski definition) is 0. The second-order valence-corrected chi connectivity index (χ2v) is 6.43. The van der Waals surface area contributed by atoms with Crippen LogP contribution in [0.3, 0.4) is 0 Å². The van der Waals surface area contributed by atoms with Crippen LogP contribution in [0.2, 0.25) is 0 Å². The minimum Gasteiger partial charge on any atom is -0.337 e. The average Bonchev–Trinajstić information content (AvgIpc) is 2.48. The predicted molar refractivity (Wildman–Crippen MR) is 90.1 cm³/mol. The Morgan fingerprint density at radius 2 is 2.00 bits per heavy atom. The first-order valence-corrected chi connectivity index (χ1v) is 8.25. The Labute approximate surface area is 133 Å². The monoisotopic (exact) mass is 349 g/mol. The van der Waals surface area contributed by atoms with Gasteiger partial charge >= 0.3 is 0 Å². The maximum atomic E-state index is 5.91. The summed E-state index contributed by atoms with van der Waals surface area (Å²) in [5, 5.41) is 0. The Hall–Kier alpha value is -0.990. The lowest BCUT2D eigenvalue weighted by Crippen LogP contribution is -2.33. The number of halogens is 2. The Bertz CT molecular complexity index is 626. The average molecular weight is 351 g/mol. The smallest absolute Gasteiger partial charge is 0.0557 e. The summed E-state index contributed by atoms with van der Waals surface area (Å²) in [5.74, 6) is 0.547. The molecule has 20 heavy (non-hydrogen) atoms. The molecule has 1 unspecified atom stereocenters. The highest BCUT2D eigenvalue weighted by Crippen LogP contribution is 2.40. The fourth-order valence-corrected chi connectivity index (χ4v) is 3.67. The highest BCUT2D eigenvalue weighted by molar-refractivity contribution is 9.10. The van der Waals surface area contributed by atoms with Crippen LogP contribution in [-0.4, -0.2) is 6.04 Å². The van der Waals surface area contributed by atoms with Crippen LogP contribution < -0.4 is 4.90 Å². The van der Waals surface area contributed by atoms with Gasteiger partial charge in [0.2, 0.25) is 0 Å². The van der Waals surface area contributed by atoms with Crippen molar-refractivity contribution in [2.45, 2.75) is 31.7 Å². The fourth-order valence-electron chi connectivity index (χ4n) is 2.88. The molecule has 1 nitrogen and oxygen atoms in total. The van der Waals surface area contributed by atoms with E-state index in [4.69, 9.17) is 11.6 Å². The third-order valence-electron chi connectivity index (χ3n) is 3.95. The third-order valence-corrected chi connectivity index (χ3v) is 4.89. The van der Waals surface area contributed by atoms with E-state index >= 15 is 0 Å². The van der Waals surface area contributed by atoms with Crippen molar-refractivity contribution in [3.63, 3.8) is 0 Å². The van der Waals surface area contributed by atoms with Gasteiger partial charge in [0.15, 0.2) is 0 Å². The molecular weight excluding hydrogens is 334 g/mol. The molecule has 0 bridgehead atoms. The van der Waals surface area contributed by atoms with Crippen LogP contribution in [0, 0.1) is 0 Å². The number of benzene rings is 2. The zero-order valence-electron chi connectivity index (χ0n) is 11.4. The minimum atomic E-state index is 0.503. The number of rotatable bonds is 2. The van der Waals surface area contributed by atoms with Gasteiger partial charge in [0, 0.05) is 22.1 Å². The van der Waals surface area contributed by atoms with Gasteiger partial charge in [-0.1, -0.05) is 24.3 Å². The molecule has 0 aliphatic carbocycles. The van der Waals surface area contributed by atoms with E-state index in [2.05, 4.69) is 70.2 Å². The molecule has 2 aromatic carbocycles. The van der Waals surface area contributed by atoms with Gasteiger partial charge in [-0.15, -0.1) is 11.6 Å². The maximum absolute atomic E-state index is 5.91. The molecule has 1 aliphatic heterocycles. The zero-order chi connectivity index (χ0) is 14.1. The highest BCUT2D eigenvalue weighted by atomic mass is 79.9. The minimum absolute atomic E-state index is 0.503. The number of alkyl halides is 1. The van der Waals surface area contributed by atoms with Crippen molar-refractivity contribution in [2.75, 3.05) is 4.90 Å². The molecule has 0 aromatic heterocycles. The number of para-hydroxylation sites is 1. The molecule has 3 rings (SSSR count). The molecule has 2 aromatic rings. The summed E-state index contributed by atoms with van der Waals surface area (Å²) < 4.78 is 1.11. The van der Waals surface area contributed by atoms with Crippen molar-refractivity contribution in [1.29, 1.82) is 0 Å². The zero-order valence-corrected chi connectivity index (χ0v) is 13.8. The van der Waals surface area contributed by atoms with E-state index in [9.17, 15) is 0 Å². The third kappa shape index (κ3) is 2.47. The van der Waals surface area contributed by atoms with E-state index in [0.29, 0.717) is 11.9 Å². The van der Waals surface area contributed by atoms with Crippen LogP contribution in [0.5, 0.6) is 0 Å². The molecule has 0 amide bonds. The van der Waals surface area contributed by atoms with Crippen LogP contribution in [0.25, 0.3) is 0 Å². The van der Waals surface area contributed by atoms with Gasteiger partial charge in [0.1, 0.15) is 0 Å². The Morgan fingerprint density at radius 1 is 1.20 bits per heavy atom. The predicted octanol–water partition coefficient (Wildman–Crippen LogP) is 5.66. The molecule has 0 N–H and O–H groups in total. The van der Waals surface area contributed by atoms with Crippen molar-refractivity contribution in [3.05, 3.63) is 58.1 Å². The van der Waals surface area contributed by atoms with E-state index in [-0.39, 0.29) is 0 Å². The fraction of sp³-hybridized carbons (Fsp3) is 0.294. The van der Waals surface area contributed by atoms with Crippen LogP contribution in [0.1, 0.15) is 24.5 Å². The highest BCUT2D eigenvalue weighted by Gasteiger charge is 2.25. The van der Waals surface area contributed by atoms with Crippen molar-refractivity contribution < 1.29 is 0 Å². The molecule has 0 radical (unpaired) electrons.